The van der Waals surface area contributed by atoms with E-state index < -0.39 is 88.5 Å². The second-order valence-corrected chi connectivity index (χ2v) is 13.6. The molecule has 0 saturated heterocycles. The number of carbonyl (C=O) groups excluding carboxylic acids is 4. The molecule has 16 heteroatoms. The van der Waals surface area contributed by atoms with Crippen LogP contribution in [0.3, 0.4) is 0 Å². The SMILES string of the molecule is CC(C)[C@H](CC(=O)OCc1ccccc1)C(=O)N[C@@H](CCC(=O)O)C(=O)C[C@@H](Cc1cnc[nH]1)C(=O)N[C@H](/C=C/S(C)(=O)=O)CC(=O)O. The molecule has 4 atom stereocenters. The van der Waals surface area contributed by atoms with E-state index in [9.17, 15) is 47.4 Å². The minimum Gasteiger partial charge on any atom is -0.481 e. The molecule has 2 aromatic rings. The van der Waals surface area contributed by atoms with E-state index in [0.29, 0.717) is 5.69 Å². The number of carboxylic acid groups (broad SMARTS) is 2. The predicted molar refractivity (Wildman–Crippen MR) is 172 cm³/mol. The van der Waals surface area contributed by atoms with E-state index in [4.69, 9.17) is 4.74 Å². The summed E-state index contributed by atoms with van der Waals surface area (Å²) in [6.07, 6.45) is 2.35. The molecule has 1 aromatic carbocycles. The monoisotopic (exact) mass is 690 g/mol. The molecule has 0 fully saturated rings. The van der Waals surface area contributed by atoms with Crippen molar-refractivity contribution in [3.8, 4) is 0 Å². The summed E-state index contributed by atoms with van der Waals surface area (Å²) >= 11 is 0. The summed E-state index contributed by atoms with van der Waals surface area (Å²) in [7, 11) is -3.65. The first-order valence-electron chi connectivity index (χ1n) is 15.2. The first-order valence-corrected chi connectivity index (χ1v) is 17.1. The Bertz CT molecular complexity index is 1540. The van der Waals surface area contributed by atoms with Gasteiger partial charge in [-0.05, 0) is 17.9 Å². The van der Waals surface area contributed by atoms with E-state index in [1.54, 1.807) is 38.1 Å². The van der Waals surface area contributed by atoms with E-state index in [-0.39, 0.29) is 31.8 Å². The Balaban J connectivity index is 2.25. The van der Waals surface area contributed by atoms with Gasteiger partial charge in [0.2, 0.25) is 11.8 Å². The fraction of sp³-hybridized carbons (Fsp3) is 0.469. The average Bonchev–Trinajstić information content (AvgIpc) is 3.52. The van der Waals surface area contributed by atoms with Gasteiger partial charge < -0.3 is 30.6 Å². The van der Waals surface area contributed by atoms with Crippen molar-refractivity contribution >= 4 is 45.3 Å². The van der Waals surface area contributed by atoms with Gasteiger partial charge in [0.25, 0.3) is 0 Å². The molecule has 48 heavy (non-hydrogen) atoms. The second kappa shape index (κ2) is 19.1. The number of sulfone groups is 1. The largest absolute Gasteiger partial charge is 0.481 e. The summed E-state index contributed by atoms with van der Waals surface area (Å²) in [5.41, 5.74) is 1.20. The molecular weight excluding hydrogens is 648 g/mol. The van der Waals surface area contributed by atoms with Crippen molar-refractivity contribution in [1.29, 1.82) is 0 Å². The summed E-state index contributed by atoms with van der Waals surface area (Å²) in [4.78, 5) is 82.6. The Hall–Kier alpha value is -4.86. The van der Waals surface area contributed by atoms with E-state index >= 15 is 0 Å². The third-order valence-electron chi connectivity index (χ3n) is 7.24. The first-order chi connectivity index (χ1) is 22.5. The van der Waals surface area contributed by atoms with Crippen LogP contribution in [0, 0.1) is 17.8 Å². The fourth-order valence-electron chi connectivity index (χ4n) is 4.67. The number of imidazole rings is 1. The highest BCUT2D eigenvalue weighted by Crippen LogP contribution is 2.20. The summed E-state index contributed by atoms with van der Waals surface area (Å²) < 4.78 is 28.5. The smallest absolute Gasteiger partial charge is 0.306 e. The van der Waals surface area contributed by atoms with Crippen molar-refractivity contribution < 1.29 is 52.1 Å². The standard InChI is InChI=1S/C32H42N4O11S/c1-20(2)25(16-30(42)47-18-21-7-5-4-6-8-21)32(44)36-26(9-10-28(38)39)27(37)14-22(13-24-17-33-19-34-24)31(43)35-23(15-29(40)41)11-12-48(3,45)46/h4-8,11-12,17,19-20,22-23,25-26H,9-10,13-16,18H2,1-3H3,(H,33,34)(H,35,43)(H,36,44)(H,38,39)(H,40,41)/b12-11+/t22-,23-,25+,26+/m1/s1. The number of aromatic nitrogens is 2. The number of nitrogens with zero attached hydrogens (tertiary/aromatic N) is 1. The summed E-state index contributed by atoms with van der Waals surface area (Å²) in [5, 5.41) is 24.4. The molecule has 1 heterocycles. The molecule has 5 N–H and O–H groups in total. The zero-order chi connectivity index (χ0) is 35.9. The van der Waals surface area contributed by atoms with Crippen LogP contribution < -0.4 is 10.6 Å². The van der Waals surface area contributed by atoms with Crippen LogP contribution in [-0.2, 0) is 56.4 Å². The van der Waals surface area contributed by atoms with Crippen molar-refractivity contribution in [2.45, 2.75) is 71.1 Å². The highest BCUT2D eigenvalue weighted by molar-refractivity contribution is 7.93. The lowest BCUT2D eigenvalue weighted by Gasteiger charge is -2.25. The number of benzene rings is 1. The molecule has 0 radical (unpaired) electrons. The normalized spacial score (nSPS) is 14.1. The maximum Gasteiger partial charge on any atom is 0.306 e. The minimum atomic E-state index is -3.65. The molecule has 0 bridgehead atoms. The zero-order valence-electron chi connectivity index (χ0n) is 27.0. The number of hydrogen-bond acceptors (Lipinski definition) is 10. The van der Waals surface area contributed by atoms with E-state index in [0.717, 1.165) is 23.3 Å². The zero-order valence-corrected chi connectivity index (χ0v) is 27.8. The van der Waals surface area contributed by atoms with Gasteiger partial charge in [-0.2, -0.15) is 0 Å². The van der Waals surface area contributed by atoms with Crippen LogP contribution in [0.25, 0.3) is 0 Å². The number of carbonyl (C=O) groups is 6. The molecule has 262 valence electrons. The number of nitrogens with one attached hydrogen (secondary N) is 3. The number of rotatable bonds is 21. The van der Waals surface area contributed by atoms with Gasteiger partial charge in [-0.25, -0.2) is 13.4 Å². The fourth-order valence-corrected chi connectivity index (χ4v) is 5.14. The predicted octanol–water partition coefficient (Wildman–Crippen LogP) is 1.80. The van der Waals surface area contributed by atoms with Gasteiger partial charge in [0.1, 0.15) is 6.61 Å². The van der Waals surface area contributed by atoms with Crippen LogP contribution in [0.5, 0.6) is 0 Å². The molecule has 0 aliphatic rings. The molecule has 0 unspecified atom stereocenters. The van der Waals surface area contributed by atoms with Gasteiger partial charge in [0, 0.05) is 42.8 Å². The van der Waals surface area contributed by atoms with E-state index in [1.807, 2.05) is 6.07 Å². The third kappa shape index (κ3) is 15.2. The van der Waals surface area contributed by atoms with Crippen molar-refractivity contribution in [2.75, 3.05) is 6.26 Å². The highest BCUT2D eigenvalue weighted by atomic mass is 32.2. The highest BCUT2D eigenvalue weighted by Gasteiger charge is 2.33. The molecule has 0 aliphatic carbocycles. The van der Waals surface area contributed by atoms with Crippen LogP contribution in [0.4, 0.5) is 0 Å². The average molecular weight is 691 g/mol. The molecule has 2 amide bonds. The lowest BCUT2D eigenvalue weighted by molar-refractivity contribution is -0.149. The van der Waals surface area contributed by atoms with E-state index in [2.05, 4.69) is 20.6 Å². The Morgan fingerprint density at radius 2 is 1.65 bits per heavy atom. The van der Waals surface area contributed by atoms with Crippen LogP contribution in [0.1, 0.15) is 57.2 Å². The maximum atomic E-state index is 13.6. The Morgan fingerprint density at radius 1 is 0.958 bits per heavy atom. The number of carboxylic acids is 2. The molecule has 0 aliphatic heterocycles. The van der Waals surface area contributed by atoms with Crippen LogP contribution in [0.2, 0.25) is 0 Å². The van der Waals surface area contributed by atoms with Gasteiger partial charge in [-0.15, -0.1) is 0 Å². The Morgan fingerprint density at radius 3 is 2.21 bits per heavy atom. The van der Waals surface area contributed by atoms with Crippen LogP contribution >= 0.6 is 0 Å². The molecular formula is C32H42N4O11S. The third-order valence-corrected chi connectivity index (χ3v) is 7.89. The lowest BCUT2D eigenvalue weighted by Crippen LogP contribution is -2.47. The minimum absolute atomic E-state index is 0.00296. The number of esters is 1. The Labute approximate surface area is 278 Å². The van der Waals surface area contributed by atoms with Gasteiger partial charge in [0.15, 0.2) is 15.6 Å². The number of amides is 2. The summed E-state index contributed by atoms with van der Waals surface area (Å²) in [5.74, 6) is -7.77. The maximum absolute atomic E-state index is 13.6. The molecule has 1 aromatic heterocycles. The van der Waals surface area contributed by atoms with Gasteiger partial charge >= 0.3 is 17.9 Å². The molecule has 2 rings (SSSR count). The second-order valence-electron chi connectivity index (χ2n) is 11.7. The van der Waals surface area contributed by atoms with Gasteiger partial charge in [-0.1, -0.05) is 50.3 Å². The van der Waals surface area contributed by atoms with Crippen molar-refractivity contribution in [1.82, 2.24) is 20.6 Å². The number of aliphatic carboxylic acids is 2. The first kappa shape index (κ1) is 39.3. The number of ketones is 1. The van der Waals surface area contributed by atoms with Gasteiger partial charge in [0.05, 0.1) is 43.1 Å². The number of H-pyrrole nitrogens is 1. The number of hydrogen-bond donors (Lipinski definition) is 5. The van der Waals surface area contributed by atoms with Crippen LogP contribution in [-0.4, -0.2) is 82.4 Å². The van der Waals surface area contributed by atoms with Gasteiger partial charge in [-0.3, -0.25) is 28.8 Å². The van der Waals surface area contributed by atoms with Crippen molar-refractivity contribution in [3.63, 3.8) is 0 Å². The molecule has 0 saturated carbocycles. The number of ether oxygens (including phenoxy) is 1. The van der Waals surface area contributed by atoms with Crippen molar-refractivity contribution in [2.24, 2.45) is 17.8 Å². The lowest BCUT2D eigenvalue weighted by atomic mass is 9.89. The topological polar surface area (TPSA) is 239 Å². The quantitative estimate of drug-likeness (QED) is 0.118. The summed E-state index contributed by atoms with van der Waals surface area (Å²) in [6.45, 7) is 3.42. The van der Waals surface area contributed by atoms with E-state index in [1.165, 1.54) is 12.5 Å². The molecule has 0 spiro atoms. The Kier molecular flexibility index (Phi) is 15.6. The van der Waals surface area contributed by atoms with Crippen LogP contribution in [0.15, 0.2) is 54.3 Å². The summed E-state index contributed by atoms with van der Waals surface area (Å²) in [6, 6.07) is 6.36. The number of aromatic amines is 1. The number of Topliss-reactive ketones (excluding diaryl/α,β-unsaturated/α-hetero) is 1. The van der Waals surface area contributed by atoms with Crippen molar-refractivity contribution in [3.05, 3.63) is 65.6 Å². The molecule has 15 nitrogen and oxygen atoms in total.